The number of ether oxygens (including phenoxy) is 1. The minimum atomic E-state index is -3.72. The Hall–Kier alpha value is -2.52. The van der Waals surface area contributed by atoms with E-state index in [0.29, 0.717) is 24.2 Å². The van der Waals surface area contributed by atoms with E-state index < -0.39 is 28.6 Å². The monoisotopic (exact) mass is 440 g/mol. The number of aryl methyl sites for hydroxylation is 1. The Morgan fingerprint density at radius 3 is 2.37 bits per heavy atom. The zero-order valence-electron chi connectivity index (χ0n) is 17.4. The number of benzene rings is 2. The van der Waals surface area contributed by atoms with Crippen LogP contribution >= 0.6 is 0 Å². The van der Waals surface area contributed by atoms with Gasteiger partial charge in [0.2, 0.25) is 10.0 Å². The molecule has 0 aliphatic heterocycles. The number of alkyl halides is 2. The molecule has 0 bridgehead atoms. The maximum absolute atomic E-state index is 12.9. The van der Waals surface area contributed by atoms with E-state index in [1.807, 2.05) is 0 Å². The van der Waals surface area contributed by atoms with E-state index in [4.69, 9.17) is 0 Å². The highest BCUT2D eigenvalue weighted by Gasteiger charge is 2.24. The highest BCUT2D eigenvalue weighted by atomic mass is 32.2. The quantitative estimate of drug-likeness (QED) is 0.637. The fourth-order valence-corrected chi connectivity index (χ4v) is 4.60. The number of para-hydroxylation sites is 1. The summed E-state index contributed by atoms with van der Waals surface area (Å²) in [5.41, 5.74) is 1.17. The normalized spacial score (nSPS) is 12.8. The van der Waals surface area contributed by atoms with Crippen LogP contribution in [0.3, 0.4) is 0 Å². The van der Waals surface area contributed by atoms with E-state index in [9.17, 15) is 22.0 Å². The van der Waals surface area contributed by atoms with Gasteiger partial charge in [0.1, 0.15) is 5.75 Å². The van der Waals surface area contributed by atoms with Crippen molar-refractivity contribution in [3.05, 3.63) is 59.2 Å². The first-order valence-corrected chi connectivity index (χ1v) is 11.0. The minimum Gasteiger partial charge on any atom is -0.434 e. The third-order valence-electron chi connectivity index (χ3n) is 4.75. The molecule has 2 rings (SSSR count). The lowest BCUT2D eigenvalue weighted by Gasteiger charge is -2.20. The molecule has 6 nitrogen and oxygen atoms in total. The number of sulfonamides is 1. The van der Waals surface area contributed by atoms with Crippen LogP contribution < -0.4 is 10.1 Å². The zero-order chi connectivity index (χ0) is 22.5. The number of rotatable bonds is 9. The molecule has 1 N–H and O–H groups in total. The van der Waals surface area contributed by atoms with Crippen LogP contribution in [-0.2, 0) is 10.0 Å². The summed E-state index contributed by atoms with van der Waals surface area (Å²) < 4.78 is 56.7. The van der Waals surface area contributed by atoms with E-state index >= 15 is 0 Å². The fraction of sp³-hybridized carbons (Fsp3) is 0.381. The summed E-state index contributed by atoms with van der Waals surface area (Å²) in [6.45, 7) is 4.45. The molecule has 1 amide bonds. The van der Waals surface area contributed by atoms with Gasteiger partial charge < -0.3 is 10.1 Å². The SMILES string of the molecule is CCN(CC)S(=O)(=O)c1ccc(C)c(C(=O)NC(C)c2ccccc2OC(F)F)c1. The first-order valence-electron chi connectivity index (χ1n) is 9.57. The molecule has 164 valence electrons. The van der Waals surface area contributed by atoms with Crippen LogP contribution in [-0.4, -0.2) is 38.3 Å². The summed E-state index contributed by atoms with van der Waals surface area (Å²) in [6.07, 6.45) is 0. The number of halogens is 2. The predicted molar refractivity (Wildman–Crippen MR) is 110 cm³/mol. The largest absolute Gasteiger partial charge is 0.434 e. The molecule has 2 aromatic carbocycles. The average molecular weight is 441 g/mol. The molecule has 0 aliphatic rings. The van der Waals surface area contributed by atoms with Crippen molar-refractivity contribution in [1.29, 1.82) is 0 Å². The summed E-state index contributed by atoms with van der Waals surface area (Å²) >= 11 is 0. The first kappa shape index (κ1) is 23.8. The van der Waals surface area contributed by atoms with Crippen LogP contribution in [0.1, 0.15) is 48.3 Å². The van der Waals surface area contributed by atoms with Gasteiger partial charge in [-0.15, -0.1) is 0 Å². The Kier molecular flexibility index (Phi) is 7.91. The van der Waals surface area contributed by atoms with Crippen molar-refractivity contribution < 1.29 is 26.7 Å². The molecule has 30 heavy (non-hydrogen) atoms. The highest BCUT2D eigenvalue weighted by molar-refractivity contribution is 7.89. The first-order chi connectivity index (χ1) is 14.1. The van der Waals surface area contributed by atoms with Crippen molar-refractivity contribution in [2.75, 3.05) is 13.1 Å². The van der Waals surface area contributed by atoms with Gasteiger partial charge in [0.05, 0.1) is 10.9 Å². The van der Waals surface area contributed by atoms with Gasteiger partial charge in [0.15, 0.2) is 0 Å². The van der Waals surface area contributed by atoms with Crippen molar-refractivity contribution in [3.8, 4) is 5.75 Å². The Labute approximate surface area is 175 Å². The van der Waals surface area contributed by atoms with Crippen molar-refractivity contribution in [2.24, 2.45) is 0 Å². The number of carbonyl (C=O) groups is 1. The molecule has 2 aromatic rings. The molecule has 0 spiro atoms. The van der Waals surface area contributed by atoms with Crippen LogP contribution in [0.15, 0.2) is 47.4 Å². The average Bonchev–Trinajstić information content (AvgIpc) is 2.68. The smallest absolute Gasteiger partial charge is 0.387 e. The third-order valence-corrected chi connectivity index (χ3v) is 6.79. The topological polar surface area (TPSA) is 75.7 Å². The second-order valence-corrected chi connectivity index (χ2v) is 8.62. The number of amides is 1. The van der Waals surface area contributed by atoms with Gasteiger partial charge >= 0.3 is 6.61 Å². The molecule has 0 saturated carbocycles. The number of carbonyl (C=O) groups excluding carboxylic acids is 1. The summed E-state index contributed by atoms with van der Waals surface area (Å²) in [7, 11) is -3.72. The van der Waals surface area contributed by atoms with E-state index in [1.54, 1.807) is 52.0 Å². The number of nitrogens with zero attached hydrogens (tertiary/aromatic N) is 1. The number of hydrogen-bond acceptors (Lipinski definition) is 4. The van der Waals surface area contributed by atoms with Gasteiger partial charge in [-0.2, -0.15) is 13.1 Å². The highest BCUT2D eigenvalue weighted by Crippen LogP contribution is 2.27. The Bertz CT molecular complexity index is 992. The van der Waals surface area contributed by atoms with Crippen LogP contribution in [0.5, 0.6) is 5.75 Å². The molecule has 0 aromatic heterocycles. The standard InChI is InChI=1S/C21H26F2N2O4S/c1-5-25(6-2)30(27,28)16-12-11-14(3)18(13-16)20(26)24-15(4)17-9-7-8-10-19(17)29-21(22)23/h7-13,15,21H,5-6H2,1-4H3,(H,24,26). The molecular formula is C21H26F2N2O4S. The number of hydrogen-bond donors (Lipinski definition) is 1. The van der Waals surface area contributed by atoms with E-state index in [0.717, 1.165) is 0 Å². The van der Waals surface area contributed by atoms with E-state index in [-0.39, 0.29) is 16.2 Å². The van der Waals surface area contributed by atoms with Gasteiger partial charge in [-0.1, -0.05) is 38.1 Å². The van der Waals surface area contributed by atoms with Crippen LogP contribution in [0.4, 0.5) is 8.78 Å². The van der Waals surface area contributed by atoms with Gasteiger partial charge in [-0.25, -0.2) is 8.42 Å². The number of nitrogens with one attached hydrogen (secondary N) is 1. The lowest BCUT2D eigenvalue weighted by molar-refractivity contribution is -0.0506. The predicted octanol–water partition coefficient (Wildman–Crippen LogP) is 4.12. The van der Waals surface area contributed by atoms with Gasteiger partial charge in [-0.3, -0.25) is 4.79 Å². The maximum atomic E-state index is 12.9. The second-order valence-electron chi connectivity index (χ2n) is 6.68. The Morgan fingerprint density at radius 2 is 1.77 bits per heavy atom. The molecule has 0 fully saturated rings. The molecule has 0 heterocycles. The minimum absolute atomic E-state index is 0.0241. The van der Waals surface area contributed by atoms with E-state index in [2.05, 4.69) is 10.1 Å². The summed E-state index contributed by atoms with van der Waals surface area (Å²) in [4.78, 5) is 12.9. The summed E-state index contributed by atoms with van der Waals surface area (Å²) in [5.74, 6) is -0.543. The van der Waals surface area contributed by atoms with Crippen LogP contribution in [0.2, 0.25) is 0 Å². The van der Waals surface area contributed by atoms with Crippen molar-refractivity contribution in [1.82, 2.24) is 9.62 Å². The van der Waals surface area contributed by atoms with Crippen LogP contribution in [0.25, 0.3) is 0 Å². The molecule has 0 radical (unpaired) electrons. The molecule has 9 heteroatoms. The lowest BCUT2D eigenvalue weighted by Crippen LogP contribution is -2.31. The lowest BCUT2D eigenvalue weighted by atomic mass is 10.0. The van der Waals surface area contributed by atoms with Crippen molar-refractivity contribution >= 4 is 15.9 Å². The molecule has 0 saturated heterocycles. The van der Waals surface area contributed by atoms with Gasteiger partial charge in [-0.05, 0) is 37.6 Å². The maximum Gasteiger partial charge on any atom is 0.387 e. The Balaban J connectivity index is 2.32. The summed E-state index contributed by atoms with van der Waals surface area (Å²) in [6, 6.07) is 9.92. The summed E-state index contributed by atoms with van der Waals surface area (Å²) in [5, 5.41) is 2.73. The van der Waals surface area contributed by atoms with Crippen LogP contribution in [0, 0.1) is 6.92 Å². The molecule has 1 atom stereocenters. The molecule has 0 aliphatic carbocycles. The molecule has 1 unspecified atom stereocenters. The van der Waals surface area contributed by atoms with Crippen molar-refractivity contribution in [3.63, 3.8) is 0 Å². The van der Waals surface area contributed by atoms with E-state index in [1.165, 1.54) is 22.5 Å². The van der Waals surface area contributed by atoms with Crippen molar-refractivity contribution in [2.45, 2.75) is 45.2 Å². The third kappa shape index (κ3) is 5.34. The van der Waals surface area contributed by atoms with Gasteiger partial charge in [0.25, 0.3) is 5.91 Å². The second kappa shape index (κ2) is 9.99. The fourth-order valence-electron chi connectivity index (χ4n) is 3.11. The van der Waals surface area contributed by atoms with Gasteiger partial charge in [0, 0.05) is 24.2 Å². The Morgan fingerprint density at radius 1 is 1.13 bits per heavy atom. The molecular weight excluding hydrogens is 414 g/mol. The zero-order valence-corrected chi connectivity index (χ0v) is 18.2.